The molecule has 2 aromatic carbocycles. The van der Waals surface area contributed by atoms with Gasteiger partial charge in [0.1, 0.15) is 5.75 Å². The molecule has 0 saturated heterocycles. The van der Waals surface area contributed by atoms with Crippen LogP contribution in [0.25, 0.3) is 0 Å². The van der Waals surface area contributed by atoms with Crippen LogP contribution in [-0.4, -0.2) is 31.6 Å². The molecule has 2 rings (SSSR count). The Labute approximate surface area is 162 Å². The van der Waals surface area contributed by atoms with Gasteiger partial charge in [0.2, 0.25) is 0 Å². The number of benzene rings is 2. The predicted molar refractivity (Wildman–Crippen MR) is 101 cm³/mol. The molecule has 7 nitrogen and oxygen atoms in total. The van der Waals surface area contributed by atoms with Crippen molar-refractivity contribution < 1.29 is 23.8 Å². The van der Waals surface area contributed by atoms with E-state index in [2.05, 4.69) is 10.9 Å². The van der Waals surface area contributed by atoms with E-state index in [-0.39, 0.29) is 13.2 Å². The molecule has 0 aliphatic rings. The van der Waals surface area contributed by atoms with Crippen molar-refractivity contribution >= 4 is 23.4 Å². The second-order valence-corrected chi connectivity index (χ2v) is 5.90. The second-order valence-electron chi connectivity index (χ2n) is 5.46. The molecular weight excluding hydrogens is 372 g/mol. The SMILES string of the molecule is CCOc1ccccc1OCC(=O)NNC(=O)COc1ccc(Cl)cc1C. The van der Waals surface area contributed by atoms with Crippen molar-refractivity contribution in [2.75, 3.05) is 19.8 Å². The molecule has 0 radical (unpaired) electrons. The van der Waals surface area contributed by atoms with Crippen molar-refractivity contribution in [3.63, 3.8) is 0 Å². The summed E-state index contributed by atoms with van der Waals surface area (Å²) in [4.78, 5) is 23.6. The lowest BCUT2D eigenvalue weighted by Crippen LogP contribution is -2.45. The van der Waals surface area contributed by atoms with Gasteiger partial charge in [0.05, 0.1) is 6.61 Å². The van der Waals surface area contributed by atoms with Gasteiger partial charge in [-0.15, -0.1) is 0 Å². The van der Waals surface area contributed by atoms with E-state index >= 15 is 0 Å². The summed E-state index contributed by atoms with van der Waals surface area (Å²) in [6, 6.07) is 12.1. The Morgan fingerprint density at radius 1 is 0.889 bits per heavy atom. The number of carbonyl (C=O) groups excluding carboxylic acids is 2. The Morgan fingerprint density at radius 2 is 1.44 bits per heavy atom. The summed E-state index contributed by atoms with van der Waals surface area (Å²) in [6.07, 6.45) is 0. The van der Waals surface area contributed by atoms with Crippen molar-refractivity contribution in [1.82, 2.24) is 10.9 Å². The number of halogens is 1. The molecule has 0 unspecified atom stereocenters. The van der Waals surface area contributed by atoms with Crippen LogP contribution in [0.15, 0.2) is 42.5 Å². The monoisotopic (exact) mass is 392 g/mol. The number of hydrogen-bond acceptors (Lipinski definition) is 5. The second kappa shape index (κ2) is 10.3. The molecule has 0 aliphatic carbocycles. The number of carbonyl (C=O) groups is 2. The minimum absolute atomic E-state index is 0.253. The largest absolute Gasteiger partial charge is 0.490 e. The zero-order valence-corrected chi connectivity index (χ0v) is 15.8. The highest BCUT2D eigenvalue weighted by atomic mass is 35.5. The predicted octanol–water partition coefficient (Wildman–Crippen LogP) is 2.65. The zero-order valence-electron chi connectivity index (χ0n) is 15.1. The van der Waals surface area contributed by atoms with Crippen molar-refractivity contribution in [2.24, 2.45) is 0 Å². The first kappa shape index (κ1) is 20.4. The number of nitrogens with one attached hydrogen (secondary N) is 2. The number of ether oxygens (including phenoxy) is 3. The molecule has 0 saturated carbocycles. The van der Waals surface area contributed by atoms with Gasteiger partial charge in [0.15, 0.2) is 24.7 Å². The normalized spacial score (nSPS) is 10.0. The molecule has 0 fully saturated rings. The molecule has 0 aliphatic heterocycles. The minimum Gasteiger partial charge on any atom is -0.490 e. The molecule has 0 aromatic heterocycles. The van der Waals surface area contributed by atoms with E-state index in [4.69, 9.17) is 25.8 Å². The maximum Gasteiger partial charge on any atom is 0.276 e. The highest BCUT2D eigenvalue weighted by Gasteiger charge is 2.09. The smallest absolute Gasteiger partial charge is 0.276 e. The topological polar surface area (TPSA) is 85.9 Å². The molecule has 2 N–H and O–H groups in total. The van der Waals surface area contributed by atoms with Crippen LogP contribution in [0, 0.1) is 6.92 Å². The first-order chi connectivity index (χ1) is 13.0. The molecule has 144 valence electrons. The molecule has 2 amide bonds. The molecule has 27 heavy (non-hydrogen) atoms. The quantitative estimate of drug-likeness (QED) is 0.674. The molecule has 0 spiro atoms. The summed E-state index contributed by atoms with van der Waals surface area (Å²) in [7, 11) is 0. The summed E-state index contributed by atoms with van der Waals surface area (Å²) in [6.45, 7) is 3.62. The van der Waals surface area contributed by atoms with Gasteiger partial charge in [0, 0.05) is 5.02 Å². The van der Waals surface area contributed by atoms with Crippen LogP contribution in [0.2, 0.25) is 5.02 Å². The Balaban J connectivity index is 1.73. The van der Waals surface area contributed by atoms with E-state index in [1.165, 1.54) is 0 Å². The van der Waals surface area contributed by atoms with Crippen molar-refractivity contribution in [3.8, 4) is 17.2 Å². The average Bonchev–Trinajstić information content (AvgIpc) is 2.65. The summed E-state index contributed by atoms with van der Waals surface area (Å²) in [5.74, 6) is 0.507. The fraction of sp³-hybridized carbons (Fsp3) is 0.263. The van der Waals surface area contributed by atoms with E-state index in [0.29, 0.717) is 28.9 Å². The van der Waals surface area contributed by atoms with E-state index in [1.54, 1.807) is 42.5 Å². The first-order valence-electron chi connectivity index (χ1n) is 8.31. The maximum atomic E-state index is 11.8. The van der Waals surface area contributed by atoms with Crippen LogP contribution >= 0.6 is 11.6 Å². The van der Waals surface area contributed by atoms with Gasteiger partial charge >= 0.3 is 0 Å². The molecule has 2 aromatic rings. The number of hydrazine groups is 1. The van der Waals surface area contributed by atoms with Gasteiger partial charge in [-0.2, -0.15) is 0 Å². The van der Waals surface area contributed by atoms with Crippen LogP contribution in [0.5, 0.6) is 17.2 Å². The third kappa shape index (κ3) is 6.71. The van der Waals surface area contributed by atoms with Crippen molar-refractivity contribution in [3.05, 3.63) is 53.1 Å². The summed E-state index contributed by atoms with van der Waals surface area (Å²) in [5.41, 5.74) is 5.32. The molecule has 0 heterocycles. The minimum atomic E-state index is -0.516. The van der Waals surface area contributed by atoms with E-state index in [1.807, 2.05) is 13.8 Å². The van der Waals surface area contributed by atoms with E-state index in [9.17, 15) is 9.59 Å². The Bertz CT molecular complexity index is 797. The van der Waals surface area contributed by atoms with Gasteiger partial charge in [0.25, 0.3) is 11.8 Å². The summed E-state index contributed by atoms with van der Waals surface area (Å²) < 4.78 is 16.2. The number of rotatable bonds is 8. The van der Waals surface area contributed by atoms with E-state index in [0.717, 1.165) is 5.56 Å². The van der Waals surface area contributed by atoms with Gasteiger partial charge < -0.3 is 14.2 Å². The Hall–Kier alpha value is -2.93. The number of aryl methyl sites for hydroxylation is 1. The van der Waals surface area contributed by atoms with Crippen molar-refractivity contribution in [2.45, 2.75) is 13.8 Å². The summed E-state index contributed by atoms with van der Waals surface area (Å²) in [5, 5.41) is 0.586. The lowest BCUT2D eigenvalue weighted by molar-refractivity contribution is -0.131. The van der Waals surface area contributed by atoms with Crippen LogP contribution < -0.4 is 25.1 Å². The lowest BCUT2D eigenvalue weighted by Gasteiger charge is -2.12. The van der Waals surface area contributed by atoms with Gasteiger partial charge in [-0.25, -0.2) is 0 Å². The highest BCUT2D eigenvalue weighted by molar-refractivity contribution is 6.30. The highest BCUT2D eigenvalue weighted by Crippen LogP contribution is 2.26. The third-order valence-corrected chi connectivity index (χ3v) is 3.58. The zero-order chi connectivity index (χ0) is 19.6. The molecule has 0 bridgehead atoms. The van der Waals surface area contributed by atoms with Crippen LogP contribution in [0.4, 0.5) is 0 Å². The number of para-hydroxylation sites is 2. The lowest BCUT2D eigenvalue weighted by atomic mass is 10.2. The number of hydrogen-bond donors (Lipinski definition) is 2. The fourth-order valence-electron chi connectivity index (χ4n) is 2.12. The van der Waals surface area contributed by atoms with Gasteiger partial charge in [-0.1, -0.05) is 23.7 Å². The van der Waals surface area contributed by atoms with Crippen LogP contribution in [-0.2, 0) is 9.59 Å². The van der Waals surface area contributed by atoms with Crippen molar-refractivity contribution in [1.29, 1.82) is 0 Å². The van der Waals surface area contributed by atoms with Gasteiger partial charge in [-0.3, -0.25) is 20.4 Å². The number of amides is 2. The fourth-order valence-corrected chi connectivity index (χ4v) is 2.34. The Kier molecular flexibility index (Phi) is 7.76. The average molecular weight is 393 g/mol. The summed E-state index contributed by atoms with van der Waals surface area (Å²) >= 11 is 5.86. The van der Waals surface area contributed by atoms with Crippen LogP contribution in [0.3, 0.4) is 0 Å². The Morgan fingerprint density at radius 3 is 2.00 bits per heavy atom. The third-order valence-electron chi connectivity index (χ3n) is 3.34. The molecule has 0 atom stereocenters. The first-order valence-corrected chi connectivity index (χ1v) is 8.68. The maximum absolute atomic E-state index is 11.8. The standard InChI is InChI=1S/C19H21ClN2O5/c1-3-25-16-6-4-5-7-17(16)27-12-19(24)22-21-18(23)11-26-15-9-8-14(20)10-13(15)2/h4-10H,3,11-12H2,1-2H3,(H,21,23)(H,22,24). The van der Waals surface area contributed by atoms with Crippen LogP contribution in [0.1, 0.15) is 12.5 Å². The molecular formula is C19H21ClN2O5. The van der Waals surface area contributed by atoms with Gasteiger partial charge in [-0.05, 0) is 49.7 Å². The van der Waals surface area contributed by atoms with E-state index < -0.39 is 11.8 Å². The molecule has 8 heteroatoms.